The van der Waals surface area contributed by atoms with Crippen LogP contribution in [0.15, 0.2) is 5.38 Å². The zero-order valence-corrected chi connectivity index (χ0v) is 9.24. The molecule has 2 nitrogen and oxygen atoms in total. The molecule has 0 N–H and O–H groups in total. The second-order valence-electron chi connectivity index (χ2n) is 3.59. The third-order valence-electron chi connectivity index (χ3n) is 2.37. The molecule has 72 valence electrons. The zero-order valence-electron chi connectivity index (χ0n) is 7.66. The van der Waals surface area contributed by atoms with Gasteiger partial charge in [-0.25, -0.2) is 4.98 Å². The van der Waals surface area contributed by atoms with Crippen LogP contribution in [0.4, 0.5) is 5.13 Å². The van der Waals surface area contributed by atoms with Crippen molar-refractivity contribution in [1.29, 1.82) is 0 Å². The lowest BCUT2D eigenvalue weighted by atomic mass is 10.2. The Hall–Kier alpha value is -0.280. The minimum atomic E-state index is 0.528. The van der Waals surface area contributed by atoms with E-state index in [1.807, 2.05) is 5.38 Å². The van der Waals surface area contributed by atoms with E-state index in [2.05, 4.69) is 16.8 Å². The summed E-state index contributed by atoms with van der Waals surface area (Å²) in [6.07, 6.45) is 1.29. The first-order valence-corrected chi connectivity index (χ1v) is 5.96. The van der Waals surface area contributed by atoms with Crippen molar-refractivity contribution < 1.29 is 0 Å². The maximum absolute atomic E-state index is 5.70. The molecule has 1 aromatic heterocycles. The van der Waals surface area contributed by atoms with Crippen LogP contribution in [0.3, 0.4) is 0 Å². The van der Waals surface area contributed by atoms with Crippen LogP contribution in [0.2, 0.25) is 0 Å². The van der Waals surface area contributed by atoms with E-state index >= 15 is 0 Å². The largest absolute Gasteiger partial charge is 0.348 e. The average molecular weight is 217 g/mol. The van der Waals surface area contributed by atoms with Crippen LogP contribution in [0.25, 0.3) is 0 Å². The van der Waals surface area contributed by atoms with Crippen LogP contribution >= 0.6 is 22.9 Å². The monoisotopic (exact) mass is 216 g/mol. The molecule has 4 heteroatoms. The number of nitrogens with zero attached hydrogens (tertiary/aromatic N) is 2. The van der Waals surface area contributed by atoms with Gasteiger partial charge in [0.15, 0.2) is 5.13 Å². The highest BCUT2D eigenvalue weighted by molar-refractivity contribution is 7.13. The molecule has 1 fully saturated rings. The van der Waals surface area contributed by atoms with Gasteiger partial charge in [0, 0.05) is 18.5 Å². The highest BCUT2D eigenvalue weighted by Crippen LogP contribution is 2.26. The minimum Gasteiger partial charge on any atom is -0.348 e. The number of hydrogen-bond acceptors (Lipinski definition) is 3. The van der Waals surface area contributed by atoms with Crippen molar-refractivity contribution in [1.82, 2.24) is 4.98 Å². The first-order valence-electron chi connectivity index (χ1n) is 4.55. The van der Waals surface area contributed by atoms with Crippen molar-refractivity contribution in [2.24, 2.45) is 5.92 Å². The Kier molecular flexibility index (Phi) is 2.74. The van der Waals surface area contributed by atoms with Crippen LogP contribution in [0, 0.1) is 5.92 Å². The number of hydrogen-bond donors (Lipinski definition) is 0. The smallest absolute Gasteiger partial charge is 0.185 e. The summed E-state index contributed by atoms with van der Waals surface area (Å²) < 4.78 is 0. The fourth-order valence-electron chi connectivity index (χ4n) is 1.61. The lowest BCUT2D eigenvalue weighted by Crippen LogP contribution is -2.18. The van der Waals surface area contributed by atoms with Crippen molar-refractivity contribution >= 4 is 28.1 Å². The molecule has 1 aliphatic heterocycles. The topological polar surface area (TPSA) is 16.1 Å². The fourth-order valence-corrected chi connectivity index (χ4v) is 2.70. The second-order valence-corrected chi connectivity index (χ2v) is 4.70. The lowest BCUT2D eigenvalue weighted by molar-refractivity contribution is 0.659. The molecule has 1 aromatic rings. The van der Waals surface area contributed by atoms with Crippen LogP contribution in [-0.2, 0) is 5.88 Å². The molecule has 13 heavy (non-hydrogen) atoms. The van der Waals surface area contributed by atoms with Crippen LogP contribution < -0.4 is 4.90 Å². The van der Waals surface area contributed by atoms with E-state index in [9.17, 15) is 0 Å². The molecule has 0 bridgehead atoms. The molecule has 0 spiro atoms. The Morgan fingerprint density at radius 1 is 1.77 bits per heavy atom. The third-order valence-corrected chi connectivity index (χ3v) is 3.59. The van der Waals surface area contributed by atoms with Crippen molar-refractivity contribution in [3.63, 3.8) is 0 Å². The molecule has 0 amide bonds. The predicted octanol–water partition coefficient (Wildman–Crippen LogP) is 2.73. The van der Waals surface area contributed by atoms with Crippen molar-refractivity contribution in [2.75, 3.05) is 18.0 Å². The molecular formula is C9H13ClN2S. The van der Waals surface area contributed by atoms with Gasteiger partial charge in [-0.3, -0.25) is 0 Å². The summed E-state index contributed by atoms with van der Waals surface area (Å²) in [7, 11) is 0. The third kappa shape index (κ3) is 1.97. The van der Waals surface area contributed by atoms with Crippen molar-refractivity contribution in [3.8, 4) is 0 Å². The number of thiazole rings is 1. The summed E-state index contributed by atoms with van der Waals surface area (Å²) in [5, 5.41) is 3.19. The molecule has 0 radical (unpaired) electrons. The van der Waals surface area contributed by atoms with Gasteiger partial charge in [-0.05, 0) is 12.3 Å². The number of anilines is 1. The Morgan fingerprint density at radius 2 is 2.62 bits per heavy atom. The quantitative estimate of drug-likeness (QED) is 0.707. The first kappa shape index (κ1) is 9.28. The van der Waals surface area contributed by atoms with E-state index < -0.39 is 0 Å². The van der Waals surface area contributed by atoms with Gasteiger partial charge in [0.25, 0.3) is 0 Å². The van der Waals surface area contributed by atoms with Crippen molar-refractivity contribution in [3.05, 3.63) is 11.1 Å². The Labute approximate surface area is 87.5 Å². The molecule has 2 rings (SSSR count). The summed E-state index contributed by atoms with van der Waals surface area (Å²) >= 11 is 7.41. The van der Waals surface area contributed by atoms with Gasteiger partial charge in [-0.2, -0.15) is 0 Å². The van der Waals surface area contributed by atoms with Gasteiger partial charge in [-0.1, -0.05) is 6.92 Å². The van der Waals surface area contributed by atoms with E-state index in [0.717, 1.165) is 29.8 Å². The van der Waals surface area contributed by atoms with Crippen LogP contribution in [-0.4, -0.2) is 18.1 Å². The van der Waals surface area contributed by atoms with Gasteiger partial charge >= 0.3 is 0 Å². The molecule has 1 aliphatic rings. The van der Waals surface area contributed by atoms with Gasteiger partial charge in [0.2, 0.25) is 0 Å². The van der Waals surface area contributed by atoms with E-state index in [1.165, 1.54) is 6.42 Å². The highest BCUT2D eigenvalue weighted by atomic mass is 35.5. The van der Waals surface area contributed by atoms with E-state index in [1.54, 1.807) is 11.3 Å². The fraction of sp³-hybridized carbons (Fsp3) is 0.667. The Balaban J connectivity index is 2.08. The summed E-state index contributed by atoms with van der Waals surface area (Å²) in [5.74, 6) is 1.34. The van der Waals surface area contributed by atoms with E-state index in [0.29, 0.717) is 5.88 Å². The molecule has 1 unspecified atom stereocenters. The van der Waals surface area contributed by atoms with Crippen molar-refractivity contribution in [2.45, 2.75) is 19.2 Å². The molecule has 0 aliphatic carbocycles. The number of halogens is 1. The average Bonchev–Trinajstić information content (AvgIpc) is 2.71. The van der Waals surface area contributed by atoms with Gasteiger partial charge in [0.05, 0.1) is 11.6 Å². The van der Waals surface area contributed by atoms with E-state index in [-0.39, 0.29) is 0 Å². The first-order chi connectivity index (χ1) is 6.29. The highest BCUT2D eigenvalue weighted by Gasteiger charge is 2.20. The van der Waals surface area contributed by atoms with Gasteiger partial charge in [-0.15, -0.1) is 22.9 Å². The number of rotatable bonds is 2. The minimum absolute atomic E-state index is 0.528. The van der Waals surface area contributed by atoms with Gasteiger partial charge < -0.3 is 4.90 Å². The van der Waals surface area contributed by atoms with Crippen LogP contribution in [0.1, 0.15) is 19.0 Å². The summed E-state index contributed by atoms with van der Waals surface area (Å²) in [6.45, 7) is 4.59. The molecule has 1 saturated heterocycles. The zero-order chi connectivity index (χ0) is 9.26. The standard InChI is InChI=1S/C9H13ClN2S/c1-7-2-3-12(5-7)9-11-8(4-10)6-13-9/h6-7H,2-5H2,1H3. The van der Waals surface area contributed by atoms with Crippen LogP contribution in [0.5, 0.6) is 0 Å². The summed E-state index contributed by atoms with van der Waals surface area (Å²) in [6, 6.07) is 0. The lowest BCUT2D eigenvalue weighted by Gasteiger charge is -2.13. The second kappa shape index (κ2) is 3.84. The number of aromatic nitrogens is 1. The molecule has 1 atom stereocenters. The summed E-state index contributed by atoms with van der Waals surface area (Å²) in [4.78, 5) is 6.81. The maximum Gasteiger partial charge on any atom is 0.185 e. The SMILES string of the molecule is CC1CCN(c2nc(CCl)cs2)C1. The van der Waals surface area contributed by atoms with Gasteiger partial charge in [0.1, 0.15) is 0 Å². The Bertz CT molecular complexity index is 287. The maximum atomic E-state index is 5.70. The van der Waals surface area contributed by atoms with E-state index in [4.69, 9.17) is 11.6 Å². The number of alkyl halides is 1. The molecule has 2 heterocycles. The molecule has 0 saturated carbocycles. The Morgan fingerprint density at radius 3 is 3.15 bits per heavy atom. The molecule has 0 aromatic carbocycles. The molecular weight excluding hydrogens is 204 g/mol. The predicted molar refractivity (Wildman–Crippen MR) is 57.7 cm³/mol. The normalized spacial score (nSPS) is 22.6. The summed E-state index contributed by atoms with van der Waals surface area (Å²) in [5.41, 5.74) is 1.00.